The molecule has 1 rings (SSSR count). The van der Waals surface area contributed by atoms with Gasteiger partial charge in [0.25, 0.3) is 0 Å². The van der Waals surface area contributed by atoms with Gasteiger partial charge in [0.15, 0.2) is 0 Å². The maximum atomic E-state index is 3.20. The van der Waals surface area contributed by atoms with Gasteiger partial charge < -0.3 is 5.32 Å². The van der Waals surface area contributed by atoms with Crippen LogP contribution in [0.1, 0.15) is 25.3 Å². The van der Waals surface area contributed by atoms with Crippen LogP contribution >= 0.6 is 0 Å². The van der Waals surface area contributed by atoms with Crippen LogP contribution in [0.15, 0.2) is 30.3 Å². The molecular formula is C13H21N. The molecule has 0 spiro atoms. The third-order valence-electron chi connectivity index (χ3n) is 2.66. The fourth-order valence-electron chi connectivity index (χ4n) is 1.59. The second-order valence-corrected chi connectivity index (χ2v) is 4.02. The Morgan fingerprint density at radius 2 is 1.86 bits per heavy atom. The lowest BCUT2D eigenvalue weighted by Crippen LogP contribution is -2.11. The third-order valence-corrected chi connectivity index (χ3v) is 2.66. The van der Waals surface area contributed by atoms with Crippen molar-refractivity contribution in [3.63, 3.8) is 0 Å². The monoisotopic (exact) mass is 191 g/mol. The first-order chi connectivity index (χ1) is 6.83. The highest BCUT2D eigenvalue weighted by Gasteiger charge is 2.01. The molecule has 1 nitrogen and oxygen atoms in total. The molecule has 14 heavy (non-hydrogen) atoms. The van der Waals surface area contributed by atoms with Gasteiger partial charge in [-0.05, 0) is 44.3 Å². The summed E-state index contributed by atoms with van der Waals surface area (Å²) >= 11 is 0. The molecule has 0 saturated carbocycles. The molecule has 0 aliphatic rings. The van der Waals surface area contributed by atoms with E-state index < -0.39 is 0 Å². The molecule has 1 aromatic carbocycles. The van der Waals surface area contributed by atoms with E-state index in [4.69, 9.17) is 0 Å². The van der Waals surface area contributed by atoms with Gasteiger partial charge in [0, 0.05) is 0 Å². The molecule has 0 amide bonds. The SMILES string of the molecule is CNCCC(C)CCc1ccccc1. The van der Waals surface area contributed by atoms with E-state index in [1.165, 1.54) is 24.8 Å². The average Bonchev–Trinajstić information content (AvgIpc) is 2.25. The summed E-state index contributed by atoms with van der Waals surface area (Å²) in [6.07, 6.45) is 3.79. The molecule has 0 saturated heterocycles. The largest absolute Gasteiger partial charge is 0.320 e. The predicted molar refractivity (Wildman–Crippen MR) is 62.5 cm³/mol. The first-order valence-electron chi connectivity index (χ1n) is 5.51. The zero-order chi connectivity index (χ0) is 10.2. The Kier molecular flexibility index (Phi) is 5.31. The maximum Gasteiger partial charge on any atom is -0.00494 e. The number of benzene rings is 1. The first kappa shape index (κ1) is 11.3. The molecular weight excluding hydrogens is 170 g/mol. The van der Waals surface area contributed by atoms with Crippen LogP contribution in [0.5, 0.6) is 0 Å². The minimum atomic E-state index is 0.822. The second kappa shape index (κ2) is 6.61. The molecule has 0 radical (unpaired) electrons. The minimum absolute atomic E-state index is 0.822. The van der Waals surface area contributed by atoms with E-state index in [-0.39, 0.29) is 0 Å². The van der Waals surface area contributed by atoms with E-state index in [0.29, 0.717) is 0 Å². The molecule has 78 valence electrons. The van der Waals surface area contributed by atoms with Crippen molar-refractivity contribution in [3.05, 3.63) is 35.9 Å². The summed E-state index contributed by atoms with van der Waals surface area (Å²) in [6, 6.07) is 10.7. The molecule has 1 heteroatoms. The van der Waals surface area contributed by atoms with Crippen LogP contribution in [0.4, 0.5) is 0 Å². The average molecular weight is 191 g/mol. The van der Waals surface area contributed by atoms with Crippen LogP contribution in [0.2, 0.25) is 0 Å². The van der Waals surface area contributed by atoms with Crippen molar-refractivity contribution in [2.45, 2.75) is 26.2 Å². The van der Waals surface area contributed by atoms with E-state index in [9.17, 15) is 0 Å². The Morgan fingerprint density at radius 3 is 2.50 bits per heavy atom. The molecule has 1 N–H and O–H groups in total. The lowest BCUT2D eigenvalue weighted by Gasteiger charge is -2.10. The minimum Gasteiger partial charge on any atom is -0.320 e. The summed E-state index contributed by atoms with van der Waals surface area (Å²) in [7, 11) is 2.02. The topological polar surface area (TPSA) is 12.0 Å². The van der Waals surface area contributed by atoms with Gasteiger partial charge >= 0.3 is 0 Å². The lowest BCUT2D eigenvalue weighted by molar-refractivity contribution is 0.482. The zero-order valence-corrected chi connectivity index (χ0v) is 9.29. The molecule has 0 bridgehead atoms. The number of hydrogen-bond donors (Lipinski definition) is 1. The van der Waals surface area contributed by atoms with Gasteiger partial charge in [0.1, 0.15) is 0 Å². The molecule has 0 aliphatic carbocycles. The van der Waals surface area contributed by atoms with Crippen molar-refractivity contribution >= 4 is 0 Å². The highest BCUT2D eigenvalue weighted by molar-refractivity contribution is 5.14. The number of aryl methyl sites for hydroxylation is 1. The Bertz CT molecular complexity index is 230. The summed E-state index contributed by atoms with van der Waals surface area (Å²) in [5, 5.41) is 3.20. The summed E-state index contributed by atoms with van der Waals surface area (Å²) in [5.74, 6) is 0.822. The van der Waals surface area contributed by atoms with Crippen molar-refractivity contribution in [3.8, 4) is 0 Å². The molecule has 1 aromatic rings. The van der Waals surface area contributed by atoms with E-state index >= 15 is 0 Å². The fraction of sp³-hybridized carbons (Fsp3) is 0.538. The smallest absolute Gasteiger partial charge is 0.00494 e. The normalized spacial score (nSPS) is 12.7. The standard InChI is InChI=1S/C13H21N/c1-12(10-11-14-2)8-9-13-6-4-3-5-7-13/h3-7,12,14H,8-11H2,1-2H3. The summed E-state index contributed by atoms with van der Waals surface area (Å²) in [5.41, 5.74) is 1.46. The van der Waals surface area contributed by atoms with Crippen molar-refractivity contribution in [2.75, 3.05) is 13.6 Å². The van der Waals surface area contributed by atoms with Crippen molar-refractivity contribution in [1.29, 1.82) is 0 Å². The van der Waals surface area contributed by atoms with Crippen LogP contribution < -0.4 is 5.32 Å². The van der Waals surface area contributed by atoms with Crippen molar-refractivity contribution < 1.29 is 0 Å². The van der Waals surface area contributed by atoms with Gasteiger partial charge in [-0.1, -0.05) is 37.3 Å². The van der Waals surface area contributed by atoms with Gasteiger partial charge in [-0.3, -0.25) is 0 Å². The van der Waals surface area contributed by atoms with E-state index in [2.05, 4.69) is 42.6 Å². The van der Waals surface area contributed by atoms with Gasteiger partial charge in [0.05, 0.1) is 0 Å². The van der Waals surface area contributed by atoms with Gasteiger partial charge in [-0.2, -0.15) is 0 Å². The summed E-state index contributed by atoms with van der Waals surface area (Å²) < 4.78 is 0. The second-order valence-electron chi connectivity index (χ2n) is 4.02. The van der Waals surface area contributed by atoms with Crippen LogP contribution in [-0.2, 0) is 6.42 Å². The van der Waals surface area contributed by atoms with Crippen molar-refractivity contribution in [2.24, 2.45) is 5.92 Å². The predicted octanol–water partition coefficient (Wildman–Crippen LogP) is 2.86. The highest BCUT2D eigenvalue weighted by Crippen LogP contribution is 2.11. The number of rotatable bonds is 6. The third kappa shape index (κ3) is 4.43. The summed E-state index contributed by atoms with van der Waals surface area (Å²) in [4.78, 5) is 0. The maximum absolute atomic E-state index is 3.20. The van der Waals surface area contributed by atoms with Crippen LogP contribution in [-0.4, -0.2) is 13.6 Å². The Balaban J connectivity index is 2.20. The lowest BCUT2D eigenvalue weighted by atomic mass is 9.98. The summed E-state index contributed by atoms with van der Waals surface area (Å²) in [6.45, 7) is 3.47. The van der Waals surface area contributed by atoms with E-state index in [1.54, 1.807) is 0 Å². The molecule has 0 aromatic heterocycles. The van der Waals surface area contributed by atoms with Crippen LogP contribution in [0, 0.1) is 5.92 Å². The zero-order valence-electron chi connectivity index (χ0n) is 9.29. The Labute approximate surface area is 87.5 Å². The van der Waals surface area contributed by atoms with Crippen LogP contribution in [0.25, 0.3) is 0 Å². The van der Waals surface area contributed by atoms with E-state index in [1.807, 2.05) is 7.05 Å². The van der Waals surface area contributed by atoms with E-state index in [0.717, 1.165) is 12.5 Å². The van der Waals surface area contributed by atoms with Crippen LogP contribution in [0.3, 0.4) is 0 Å². The first-order valence-corrected chi connectivity index (χ1v) is 5.51. The Morgan fingerprint density at radius 1 is 1.14 bits per heavy atom. The quantitative estimate of drug-likeness (QED) is 0.729. The molecule has 0 fully saturated rings. The Hall–Kier alpha value is -0.820. The van der Waals surface area contributed by atoms with Crippen molar-refractivity contribution in [1.82, 2.24) is 5.32 Å². The fourth-order valence-corrected chi connectivity index (χ4v) is 1.59. The molecule has 1 atom stereocenters. The number of hydrogen-bond acceptors (Lipinski definition) is 1. The molecule has 0 heterocycles. The highest BCUT2D eigenvalue weighted by atomic mass is 14.8. The van der Waals surface area contributed by atoms with Gasteiger partial charge in [-0.15, -0.1) is 0 Å². The van der Waals surface area contributed by atoms with Gasteiger partial charge in [-0.25, -0.2) is 0 Å². The molecule has 0 aliphatic heterocycles. The molecule has 1 unspecified atom stereocenters. The number of nitrogens with one attached hydrogen (secondary N) is 1. The van der Waals surface area contributed by atoms with Gasteiger partial charge in [0.2, 0.25) is 0 Å².